The molecule has 5 heteroatoms. The van der Waals surface area contributed by atoms with Crippen LogP contribution in [-0.4, -0.2) is 25.7 Å². The van der Waals surface area contributed by atoms with E-state index in [9.17, 15) is 13.2 Å². The third-order valence-corrected chi connectivity index (χ3v) is 2.23. The van der Waals surface area contributed by atoms with E-state index >= 15 is 0 Å². The summed E-state index contributed by atoms with van der Waals surface area (Å²) in [7, 11) is 0. The molecule has 0 N–H and O–H groups in total. The summed E-state index contributed by atoms with van der Waals surface area (Å²) in [5.74, 6) is -1.42. The zero-order valence-corrected chi connectivity index (χ0v) is 8.14. The van der Waals surface area contributed by atoms with E-state index in [2.05, 4.69) is 0 Å². The van der Waals surface area contributed by atoms with Crippen LogP contribution < -0.4 is 0 Å². The van der Waals surface area contributed by atoms with E-state index < -0.39 is 18.4 Å². The van der Waals surface area contributed by atoms with Crippen molar-refractivity contribution in [3.8, 4) is 0 Å². The number of rotatable bonds is 3. The van der Waals surface area contributed by atoms with Crippen molar-refractivity contribution in [2.75, 3.05) is 13.2 Å². The van der Waals surface area contributed by atoms with Crippen molar-refractivity contribution in [1.82, 2.24) is 0 Å². The largest absolute Gasteiger partial charge is 0.393 e. The molecule has 1 rings (SSSR count). The first-order valence-corrected chi connectivity index (χ1v) is 4.80. The van der Waals surface area contributed by atoms with Crippen molar-refractivity contribution in [3.05, 3.63) is 0 Å². The van der Waals surface area contributed by atoms with Crippen LogP contribution in [0.25, 0.3) is 0 Å². The Morgan fingerprint density at radius 1 is 1.43 bits per heavy atom. The van der Waals surface area contributed by atoms with Crippen LogP contribution in [0.2, 0.25) is 0 Å². The number of hydrogen-bond acceptors (Lipinski definition) is 2. The first kappa shape index (κ1) is 11.8. The van der Waals surface area contributed by atoms with Crippen molar-refractivity contribution >= 4 is 0 Å². The predicted molar refractivity (Wildman–Crippen MR) is 44.8 cm³/mol. The fourth-order valence-electron chi connectivity index (χ4n) is 1.19. The molecule has 1 heterocycles. The second-order valence-electron chi connectivity index (χ2n) is 3.57. The van der Waals surface area contributed by atoms with Gasteiger partial charge in [-0.1, -0.05) is 6.92 Å². The Morgan fingerprint density at radius 2 is 2.14 bits per heavy atom. The zero-order valence-electron chi connectivity index (χ0n) is 8.14. The summed E-state index contributed by atoms with van der Waals surface area (Å²) in [6.45, 7) is 1.39. The van der Waals surface area contributed by atoms with E-state index in [4.69, 9.17) is 9.47 Å². The average Bonchev–Trinajstić information content (AvgIpc) is 2.14. The van der Waals surface area contributed by atoms with Crippen LogP contribution in [0.4, 0.5) is 13.2 Å². The van der Waals surface area contributed by atoms with Gasteiger partial charge >= 0.3 is 6.18 Å². The van der Waals surface area contributed by atoms with E-state index in [-0.39, 0.29) is 6.61 Å². The van der Waals surface area contributed by atoms with Crippen LogP contribution >= 0.6 is 0 Å². The molecule has 0 aromatic rings. The summed E-state index contributed by atoms with van der Waals surface area (Å²) in [4.78, 5) is 0. The molecular weight excluding hydrogens is 197 g/mol. The zero-order chi connectivity index (χ0) is 10.6. The third-order valence-electron chi connectivity index (χ3n) is 2.23. The summed E-state index contributed by atoms with van der Waals surface area (Å²) in [6.07, 6.45) is -1.98. The monoisotopic (exact) mass is 212 g/mol. The second kappa shape index (κ2) is 4.98. The lowest BCUT2D eigenvalue weighted by Crippen LogP contribution is -2.29. The molecule has 0 aromatic carbocycles. The molecule has 1 saturated heterocycles. The molecule has 1 aliphatic rings. The molecule has 0 bridgehead atoms. The summed E-state index contributed by atoms with van der Waals surface area (Å²) >= 11 is 0. The Bertz CT molecular complexity index is 164. The first-order chi connectivity index (χ1) is 6.50. The van der Waals surface area contributed by atoms with Gasteiger partial charge in [0, 0.05) is 6.61 Å². The van der Waals surface area contributed by atoms with Crippen molar-refractivity contribution in [1.29, 1.82) is 0 Å². The van der Waals surface area contributed by atoms with Gasteiger partial charge in [0.1, 0.15) is 0 Å². The van der Waals surface area contributed by atoms with Gasteiger partial charge in [-0.05, 0) is 19.3 Å². The lowest BCUT2D eigenvalue weighted by atomic mass is 10.2. The van der Waals surface area contributed by atoms with Crippen molar-refractivity contribution in [2.24, 2.45) is 5.92 Å². The molecule has 84 valence electrons. The highest BCUT2D eigenvalue weighted by Crippen LogP contribution is 2.26. The normalized spacial score (nSPS) is 26.1. The van der Waals surface area contributed by atoms with Crippen LogP contribution in [-0.2, 0) is 9.47 Å². The van der Waals surface area contributed by atoms with E-state index in [1.165, 1.54) is 0 Å². The first-order valence-electron chi connectivity index (χ1n) is 4.80. The summed E-state index contributed by atoms with van der Waals surface area (Å²) in [5, 5.41) is 0. The van der Waals surface area contributed by atoms with Crippen LogP contribution in [0, 0.1) is 5.92 Å². The molecule has 0 saturated carbocycles. The van der Waals surface area contributed by atoms with Crippen molar-refractivity contribution in [3.63, 3.8) is 0 Å². The standard InChI is InChI=1S/C9H15F3O2/c1-7(9(10,11)12)6-14-8-4-2-3-5-13-8/h7-8H,2-6H2,1H3/t7-,8?/m1/s1. The highest BCUT2D eigenvalue weighted by Gasteiger charge is 2.36. The molecule has 0 aliphatic carbocycles. The predicted octanol–water partition coefficient (Wildman–Crippen LogP) is 2.73. The third kappa shape index (κ3) is 3.84. The summed E-state index contributed by atoms with van der Waals surface area (Å²) < 4.78 is 46.4. The molecule has 2 nitrogen and oxygen atoms in total. The van der Waals surface area contributed by atoms with Gasteiger partial charge in [0.05, 0.1) is 12.5 Å². The molecule has 1 fully saturated rings. The van der Waals surface area contributed by atoms with Gasteiger partial charge in [0.25, 0.3) is 0 Å². The highest BCUT2D eigenvalue weighted by molar-refractivity contribution is 4.62. The smallest absolute Gasteiger partial charge is 0.353 e. The average molecular weight is 212 g/mol. The topological polar surface area (TPSA) is 18.5 Å². The fraction of sp³-hybridized carbons (Fsp3) is 1.00. The number of halogens is 3. The maximum Gasteiger partial charge on any atom is 0.393 e. The minimum absolute atomic E-state index is 0.311. The quantitative estimate of drug-likeness (QED) is 0.716. The Morgan fingerprint density at radius 3 is 2.64 bits per heavy atom. The fourth-order valence-corrected chi connectivity index (χ4v) is 1.19. The molecule has 0 aromatic heterocycles. The number of hydrogen-bond donors (Lipinski definition) is 0. The minimum atomic E-state index is -4.17. The maximum absolute atomic E-state index is 12.1. The molecule has 1 aliphatic heterocycles. The van der Waals surface area contributed by atoms with Crippen LogP contribution in [0.3, 0.4) is 0 Å². The lowest BCUT2D eigenvalue weighted by Gasteiger charge is -2.24. The van der Waals surface area contributed by atoms with Gasteiger partial charge < -0.3 is 9.47 Å². The minimum Gasteiger partial charge on any atom is -0.353 e. The van der Waals surface area contributed by atoms with Gasteiger partial charge in [-0.2, -0.15) is 13.2 Å². The summed E-state index contributed by atoms with van der Waals surface area (Å²) in [5.41, 5.74) is 0. The highest BCUT2D eigenvalue weighted by atomic mass is 19.4. The number of ether oxygens (including phenoxy) is 2. The number of alkyl halides is 3. The van der Waals surface area contributed by atoms with Crippen molar-refractivity contribution in [2.45, 2.75) is 38.7 Å². The van der Waals surface area contributed by atoms with Crippen LogP contribution in [0.5, 0.6) is 0 Å². The van der Waals surface area contributed by atoms with Crippen LogP contribution in [0.15, 0.2) is 0 Å². The van der Waals surface area contributed by atoms with E-state index in [1.807, 2.05) is 0 Å². The van der Waals surface area contributed by atoms with Crippen molar-refractivity contribution < 1.29 is 22.6 Å². The summed E-state index contributed by atoms with van der Waals surface area (Å²) in [6, 6.07) is 0. The Hall–Kier alpha value is -0.290. The van der Waals surface area contributed by atoms with Gasteiger partial charge in [-0.15, -0.1) is 0 Å². The molecule has 1 unspecified atom stereocenters. The SMILES string of the molecule is C[C@H](COC1CCCCO1)C(F)(F)F. The maximum atomic E-state index is 12.1. The van der Waals surface area contributed by atoms with E-state index in [1.54, 1.807) is 0 Å². The van der Waals surface area contributed by atoms with Gasteiger partial charge in [0.2, 0.25) is 0 Å². The molecule has 0 spiro atoms. The molecule has 0 radical (unpaired) electrons. The Balaban J connectivity index is 2.19. The van der Waals surface area contributed by atoms with Gasteiger partial charge in [0.15, 0.2) is 6.29 Å². The molecule has 0 amide bonds. The Labute approximate surface area is 81.4 Å². The molecule has 2 atom stereocenters. The molecular formula is C9H15F3O2. The lowest BCUT2D eigenvalue weighted by molar-refractivity contribution is -0.217. The Kier molecular flexibility index (Phi) is 4.19. The van der Waals surface area contributed by atoms with E-state index in [0.717, 1.165) is 19.8 Å². The molecule has 14 heavy (non-hydrogen) atoms. The second-order valence-corrected chi connectivity index (χ2v) is 3.57. The van der Waals surface area contributed by atoms with E-state index in [0.29, 0.717) is 13.0 Å². The van der Waals surface area contributed by atoms with Gasteiger partial charge in [-0.3, -0.25) is 0 Å². The van der Waals surface area contributed by atoms with Gasteiger partial charge in [-0.25, -0.2) is 0 Å². The van der Waals surface area contributed by atoms with Crippen LogP contribution in [0.1, 0.15) is 26.2 Å².